The maximum absolute atomic E-state index is 12.4. The smallest absolute Gasteiger partial charge is 0.139 e. The van der Waals surface area contributed by atoms with Crippen LogP contribution in [0.1, 0.15) is 72.1 Å². The predicted octanol–water partition coefficient (Wildman–Crippen LogP) is 4.21. The van der Waals surface area contributed by atoms with Gasteiger partial charge in [0.25, 0.3) is 0 Å². The first-order valence-electron chi connectivity index (χ1n) is 9.59. The van der Waals surface area contributed by atoms with E-state index in [0.717, 1.165) is 37.5 Å². The molecule has 0 heterocycles. The van der Waals surface area contributed by atoms with E-state index in [4.69, 9.17) is 0 Å². The Morgan fingerprint density at radius 2 is 1.73 bits per heavy atom. The van der Waals surface area contributed by atoms with Crippen molar-refractivity contribution in [2.45, 2.75) is 78.2 Å². The van der Waals surface area contributed by atoms with Crippen LogP contribution in [0.5, 0.6) is 0 Å². The zero-order valence-electron chi connectivity index (χ0n) is 14.5. The number of ketones is 1. The van der Waals surface area contributed by atoms with E-state index in [9.17, 15) is 9.90 Å². The quantitative estimate of drug-likeness (QED) is 0.728. The molecule has 0 aromatic carbocycles. The molecule has 4 rings (SSSR count). The number of Topliss-reactive ketones (excluding diaryl/α,β-unsaturated/α-hetero) is 1. The second kappa shape index (κ2) is 4.82. The van der Waals surface area contributed by atoms with Gasteiger partial charge in [0.05, 0.1) is 6.10 Å². The van der Waals surface area contributed by atoms with Gasteiger partial charge in [-0.25, -0.2) is 0 Å². The Bertz CT molecular complexity index is 486. The Morgan fingerprint density at radius 3 is 2.50 bits per heavy atom. The molecule has 0 spiro atoms. The van der Waals surface area contributed by atoms with Gasteiger partial charge in [0.1, 0.15) is 5.78 Å². The van der Waals surface area contributed by atoms with Gasteiger partial charge in [0, 0.05) is 11.8 Å². The highest BCUT2D eigenvalue weighted by Crippen LogP contribution is 2.66. The predicted molar refractivity (Wildman–Crippen MR) is 87.3 cm³/mol. The van der Waals surface area contributed by atoms with E-state index in [1.807, 2.05) is 0 Å². The third kappa shape index (κ3) is 1.79. The lowest BCUT2D eigenvalue weighted by Crippen LogP contribution is -2.56. The molecule has 4 saturated carbocycles. The maximum atomic E-state index is 12.4. The number of hydrogen-bond acceptors (Lipinski definition) is 2. The van der Waals surface area contributed by atoms with Crippen LogP contribution in [0.25, 0.3) is 0 Å². The summed E-state index contributed by atoms with van der Waals surface area (Å²) in [4.78, 5) is 12.4. The average Bonchev–Trinajstić information content (AvgIpc) is 2.79. The van der Waals surface area contributed by atoms with E-state index in [1.54, 1.807) is 0 Å². The summed E-state index contributed by atoms with van der Waals surface area (Å²) in [5, 5.41) is 10.3. The van der Waals surface area contributed by atoms with Gasteiger partial charge in [-0.1, -0.05) is 20.8 Å². The van der Waals surface area contributed by atoms with E-state index in [-0.39, 0.29) is 11.5 Å². The molecule has 0 aromatic rings. The Kier molecular flexibility index (Phi) is 3.32. The molecule has 4 aliphatic rings. The molecular weight excluding hydrogens is 272 g/mol. The van der Waals surface area contributed by atoms with Gasteiger partial charge in [0.15, 0.2) is 0 Å². The number of rotatable bonds is 0. The molecule has 0 amide bonds. The van der Waals surface area contributed by atoms with Crippen LogP contribution in [0.2, 0.25) is 0 Å². The van der Waals surface area contributed by atoms with Crippen LogP contribution in [0.15, 0.2) is 0 Å². The number of aliphatic hydroxyl groups is 1. The molecule has 4 fully saturated rings. The summed E-state index contributed by atoms with van der Waals surface area (Å²) >= 11 is 0. The van der Waals surface area contributed by atoms with Crippen molar-refractivity contribution in [2.75, 3.05) is 0 Å². The first-order valence-corrected chi connectivity index (χ1v) is 9.59. The molecule has 0 saturated heterocycles. The third-order valence-corrected chi connectivity index (χ3v) is 8.87. The second-order valence-electron chi connectivity index (χ2n) is 9.45. The lowest BCUT2D eigenvalue weighted by molar-refractivity contribution is -0.152. The summed E-state index contributed by atoms with van der Waals surface area (Å²) in [5.41, 5.74) is 0.415. The molecule has 0 aromatic heterocycles. The van der Waals surface area contributed by atoms with Crippen LogP contribution in [-0.4, -0.2) is 17.0 Å². The summed E-state index contributed by atoms with van der Waals surface area (Å²) in [5.74, 6) is 3.92. The van der Waals surface area contributed by atoms with Crippen LogP contribution in [0.3, 0.4) is 0 Å². The highest BCUT2D eigenvalue weighted by atomic mass is 16.3. The molecule has 2 heteroatoms. The van der Waals surface area contributed by atoms with Crippen LogP contribution in [-0.2, 0) is 4.79 Å². The minimum Gasteiger partial charge on any atom is -0.393 e. The molecule has 8 atom stereocenters. The second-order valence-corrected chi connectivity index (χ2v) is 9.45. The minimum atomic E-state index is -0.0865. The molecular formula is C20H32O2. The van der Waals surface area contributed by atoms with Crippen LogP contribution in [0.4, 0.5) is 0 Å². The van der Waals surface area contributed by atoms with E-state index < -0.39 is 0 Å². The van der Waals surface area contributed by atoms with Crippen molar-refractivity contribution in [3.05, 3.63) is 0 Å². The summed E-state index contributed by atoms with van der Waals surface area (Å²) in [6.45, 7) is 7.07. The van der Waals surface area contributed by atoms with Gasteiger partial charge in [-0.3, -0.25) is 4.79 Å². The van der Waals surface area contributed by atoms with Crippen molar-refractivity contribution < 1.29 is 9.90 Å². The highest BCUT2D eigenvalue weighted by Gasteiger charge is 2.61. The van der Waals surface area contributed by atoms with Crippen LogP contribution in [0, 0.1) is 40.4 Å². The van der Waals surface area contributed by atoms with Gasteiger partial charge >= 0.3 is 0 Å². The molecule has 0 aliphatic heterocycles. The zero-order chi connectivity index (χ0) is 15.7. The van der Waals surface area contributed by atoms with Crippen molar-refractivity contribution in [3.63, 3.8) is 0 Å². The van der Waals surface area contributed by atoms with Crippen molar-refractivity contribution in [1.82, 2.24) is 0 Å². The Labute approximate surface area is 135 Å². The number of fused-ring (bicyclic) bond motifs is 5. The topological polar surface area (TPSA) is 37.3 Å². The number of hydrogen-bond donors (Lipinski definition) is 1. The van der Waals surface area contributed by atoms with Gasteiger partial charge in [0.2, 0.25) is 0 Å². The third-order valence-electron chi connectivity index (χ3n) is 8.87. The Hall–Kier alpha value is -0.370. The van der Waals surface area contributed by atoms with Crippen molar-refractivity contribution in [2.24, 2.45) is 40.4 Å². The molecule has 4 aliphatic carbocycles. The molecule has 22 heavy (non-hydrogen) atoms. The van der Waals surface area contributed by atoms with E-state index >= 15 is 0 Å². The first-order chi connectivity index (χ1) is 10.4. The van der Waals surface area contributed by atoms with Crippen molar-refractivity contribution in [3.8, 4) is 0 Å². The van der Waals surface area contributed by atoms with Gasteiger partial charge in [-0.2, -0.15) is 0 Å². The fraction of sp³-hybridized carbons (Fsp3) is 0.950. The lowest BCUT2D eigenvalue weighted by Gasteiger charge is -2.61. The van der Waals surface area contributed by atoms with Gasteiger partial charge in [-0.05, 0) is 80.0 Å². The van der Waals surface area contributed by atoms with E-state index in [2.05, 4.69) is 20.8 Å². The molecule has 2 nitrogen and oxygen atoms in total. The van der Waals surface area contributed by atoms with E-state index in [1.165, 1.54) is 25.7 Å². The Balaban J connectivity index is 1.65. The van der Waals surface area contributed by atoms with Crippen LogP contribution < -0.4 is 0 Å². The zero-order valence-corrected chi connectivity index (χ0v) is 14.5. The molecule has 0 radical (unpaired) electrons. The van der Waals surface area contributed by atoms with Gasteiger partial charge in [-0.15, -0.1) is 0 Å². The minimum absolute atomic E-state index is 0.00413. The molecule has 124 valence electrons. The average molecular weight is 304 g/mol. The molecule has 0 unspecified atom stereocenters. The van der Waals surface area contributed by atoms with Crippen LogP contribution >= 0.6 is 0 Å². The largest absolute Gasteiger partial charge is 0.393 e. The van der Waals surface area contributed by atoms with Crippen molar-refractivity contribution in [1.29, 1.82) is 0 Å². The van der Waals surface area contributed by atoms with Crippen molar-refractivity contribution >= 4 is 5.78 Å². The monoisotopic (exact) mass is 304 g/mol. The summed E-state index contributed by atoms with van der Waals surface area (Å²) < 4.78 is 0. The summed E-state index contributed by atoms with van der Waals surface area (Å²) in [7, 11) is 0. The number of aliphatic hydroxyl groups excluding tert-OH is 1. The SMILES string of the molecule is C[C@@H]1[C@H](O)CC[C@@]2(C)[C@H]1CC[C@@H]1[C@@H]2CC[C@]2(C)C(=O)CC[C@@H]12. The lowest BCUT2D eigenvalue weighted by atomic mass is 9.44. The summed E-state index contributed by atoms with van der Waals surface area (Å²) in [6, 6.07) is 0. The normalized spacial score (nSPS) is 57.9. The molecule has 1 N–H and O–H groups in total. The highest BCUT2D eigenvalue weighted by molar-refractivity contribution is 5.87. The fourth-order valence-electron chi connectivity index (χ4n) is 7.48. The standard InChI is InChI=1S/C20H32O2/c1-12-14-5-4-13-15-6-7-18(22)20(15,3)10-8-16(13)19(14,2)11-9-17(12)21/h12-17,21H,4-11H2,1-3H3/t12-,13-,14-,15-,16-,17+,19-,20-/m0/s1. The number of carbonyl (C=O) groups excluding carboxylic acids is 1. The fourth-order valence-corrected chi connectivity index (χ4v) is 7.48. The maximum Gasteiger partial charge on any atom is 0.139 e. The first kappa shape index (κ1) is 15.2. The summed E-state index contributed by atoms with van der Waals surface area (Å²) in [6.07, 6.45) is 9.02. The number of carbonyl (C=O) groups is 1. The van der Waals surface area contributed by atoms with E-state index in [0.29, 0.717) is 29.0 Å². The molecule has 0 bridgehead atoms. The van der Waals surface area contributed by atoms with Gasteiger partial charge < -0.3 is 5.11 Å². The Morgan fingerprint density at radius 1 is 0.955 bits per heavy atom.